The molecule has 1 N–H and O–H groups in total. The highest BCUT2D eigenvalue weighted by Gasteiger charge is 2.28. The summed E-state index contributed by atoms with van der Waals surface area (Å²) in [6.45, 7) is 0. The number of nitrogens with zero attached hydrogens (tertiary/aromatic N) is 1. The predicted molar refractivity (Wildman–Crippen MR) is 78.3 cm³/mol. The van der Waals surface area contributed by atoms with Crippen molar-refractivity contribution in [3.8, 4) is 0 Å². The number of carbonyl (C=O) groups excluding carboxylic acids is 2. The standard InChI is InChI=1S/C14H8O2.C3H4N2/c15-13-9-5-1-2-6-10(9)14(16)12-8-4-3-7-11(12)13;1-2-4-5-3-1/h1-8H;1-3H,(H,4,5). The zero-order valence-corrected chi connectivity index (χ0v) is 11.1. The van der Waals surface area contributed by atoms with Gasteiger partial charge in [0.15, 0.2) is 11.6 Å². The summed E-state index contributed by atoms with van der Waals surface area (Å²) in [5.41, 5.74) is 2.02. The van der Waals surface area contributed by atoms with Crippen molar-refractivity contribution in [3.05, 3.63) is 89.2 Å². The molecule has 4 heteroatoms. The largest absolute Gasteiger partial charge is 0.289 e. The summed E-state index contributed by atoms with van der Waals surface area (Å²) in [6, 6.07) is 15.7. The molecule has 1 aliphatic rings. The number of fused-ring (bicyclic) bond motifs is 2. The molecule has 0 atom stereocenters. The Hall–Kier alpha value is -3.01. The summed E-state index contributed by atoms with van der Waals surface area (Å²) < 4.78 is 0. The molecule has 1 aliphatic carbocycles. The van der Waals surface area contributed by atoms with Crippen LogP contribution in [0, 0.1) is 0 Å². The van der Waals surface area contributed by atoms with Crippen LogP contribution in [0.5, 0.6) is 0 Å². The van der Waals surface area contributed by atoms with Crippen LogP contribution in [0.25, 0.3) is 0 Å². The molecule has 0 amide bonds. The van der Waals surface area contributed by atoms with E-state index in [-0.39, 0.29) is 11.6 Å². The van der Waals surface area contributed by atoms with Gasteiger partial charge in [0.1, 0.15) is 0 Å². The summed E-state index contributed by atoms with van der Waals surface area (Å²) >= 11 is 0. The zero-order valence-electron chi connectivity index (χ0n) is 11.1. The molecule has 0 saturated heterocycles. The monoisotopic (exact) mass is 276 g/mol. The van der Waals surface area contributed by atoms with Crippen molar-refractivity contribution >= 4 is 11.6 Å². The Morgan fingerprint density at radius 3 is 1.33 bits per heavy atom. The van der Waals surface area contributed by atoms with Crippen LogP contribution in [0.15, 0.2) is 67.0 Å². The minimum atomic E-state index is -0.0641. The van der Waals surface area contributed by atoms with Crippen LogP contribution in [0.4, 0.5) is 0 Å². The average Bonchev–Trinajstić information content (AvgIpc) is 3.12. The van der Waals surface area contributed by atoms with Gasteiger partial charge in [-0.3, -0.25) is 14.7 Å². The van der Waals surface area contributed by atoms with E-state index < -0.39 is 0 Å². The first kappa shape index (κ1) is 13.0. The predicted octanol–water partition coefficient (Wildman–Crippen LogP) is 2.87. The maximum Gasteiger partial charge on any atom is 0.194 e. The maximum atomic E-state index is 12.1. The third kappa shape index (κ3) is 2.39. The van der Waals surface area contributed by atoms with Crippen molar-refractivity contribution in [1.82, 2.24) is 10.2 Å². The molecule has 4 nitrogen and oxygen atoms in total. The molecule has 3 aromatic rings. The molecular weight excluding hydrogens is 264 g/mol. The molecule has 0 unspecified atom stereocenters. The van der Waals surface area contributed by atoms with Crippen LogP contribution >= 0.6 is 0 Å². The third-order valence-corrected chi connectivity index (χ3v) is 3.24. The summed E-state index contributed by atoms with van der Waals surface area (Å²) in [6.07, 6.45) is 3.46. The molecule has 0 spiro atoms. The number of aromatic amines is 1. The molecular formula is C17H12N2O2. The number of carbonyl (C=O) groups is 2. The molecule has 0 saturated carbocycles. The lowest BCUT2D eigenvalue weighted by molar-refractivity contribution is 0.0979. The smallest absolute Gasteiger partial charge is 0.194 e. The SMILES string of the molecule is O=C1c2ccccc2C(=O)c2ccccc21.c1cn[nH]c1. The Kier molecular flexibility index (Phi) is 3.43. The number of benzene rings is 2. The summed E-state index contributed by atoms with van der Waals surface area (Å²) in [7, 11) is 0. The first-order valence-corrected chi connectivity index (χ1v) is 6.50. The first-order chi connectivity index (χ1) is 10.3. The van der Waals surface area contributed by atoms with Crippen LogP contribution in [0.3, 0.4) is 0 Å². The minimum Gasteiger partial charge on any atom is -0.289 e. The molecule has 1 heterocycles. The Labute approximate surface area is 121 Å². The van der Waals surface area contributed by atoms with Gasteiger partial charge in [0.25, 0.3) is 0 Å². The van der Waals surface area contributed by atoms with E-state index in [1.807, 2.05) is 6.07 Å². The number of rotatable bonds is 0. The Morgan fingerprint density at radius 1 is 0.667 bits per heavy atom. The van der Waals surface area contributed by atoms with E-state index in [0.29, 0.717) is 22.3 Å². The Morgan fingerprint density at radius 2 is 1.10 bits per heavy atom. The second-order valence-electron chi connectivity index (χ2n) is 4.52. The quantitative estimate of drug-likeness (QED) is 0.537. The molecule has 21 heavy (non-hydrogen) atoms. The van der Waals surface area contributed by atoms with Gasteiger partial charge in [-0.1, -0.05) is 48.5 Å². The lowest BCUT2D eigenvalue weighted by Crippen LogP contribution is -2.20. The van der Waals surface area contributed by atoms with Crippen molar-refractivity contribution in [2.45, 2.75) is 0 Å². The molecule has 1 aromatic heterocycles. The van der Waals surface area contributed by atoms with Gasteiger partial charge in [0.2, 0.25) is 0 Å². The molecule has 0 fully saturated rings. The lowest BCUT2D eigenvalue weighted by atomic mass is 9.84. The van der Waals surface area contributed by atoms with Crippen LogP contribution < -0.4 is 0 Å². The van der Waals surface area contributed by atoms with Gasteiger partial charge >= 0.3 is 0 Å². The van der Waals surface area contributed by atoms with Gasteiger partial charge in [-0.25, -0.2) is 0 Å². The van der Waals surface area contributed by atoms with Crippen LogP contribution in [-0.4, -0.2) is 21.8 Å². The average molecular weight is 276 g/mol. The van der Waals surface area contributed by atoms with Crippen LogP contribution in [0.1, 0.15) is 31.8 Å². The summed E-state index contributed by atoms with van der Waals surface area (Å²) in [5, 5.41) is 6.21. The highest BCUT2D eigenvalue weighted by Crippen LogP contribution is 2.26. The number of hydrogen-bond donors (Lipinski definition) is 1. The highest BCUT2D eigenvalue weighted by molar-refractivity contribution is 6.28. The topological polar surface area (TPSA) is 62.8 Å². The highest BCUT2D eigenvalue weighted by atomic mass is 16.1. The zero-order chi connectivity index (χ0) is 14.7. The van der Waals surface area contributed by atoms with Crippen molar-refractivity contribution in [2.24, 2.45) is 0 Å². The second-order valence-corrected chi connectivity index (χ2v) is 4.52. The lowest BCUT2D eigenvalue weighted by Gasteiger charge is -2.16. The molecule has 2 aromatic carbocycles. The molecule has 0 radical (unpaired) electrons. The fraction of sp³-hybridized carbons (Fsp3) is 0. The van der Waals surface area contributed by atoms with Crippen molar-refractivity contribution < 1.29 is 9.59 Å². The molecule has 102 valence electrons. The third-order valence-electron chi connectivity index (χ3n) is 3.24. The molecule has 0 aliphatic heterocycles. The van der Waals surface area contributed by atoms with Gasteiger partial charge in [0.05, 0.1) is 0 Å². The normalized spacial score (nSPS) is 12.0. The number of H-pyrrole nitrogens is 1. The van der Waals surface area contributed by atoms with Gasteiger partial charge in [-0.15, -0.1) is 0 Å². The Bertz CT molecular complexity index is 669. The number of hydrogen-bond acceptors (Lipinski definition) is 3. The summed E-state index contributed by atoms with van der Waals surface area (Å²) in [4.78, 5) is 24.2. The van der Waals surface area contributed by atoms with Crippen LogP contribution in [-0.2, 0) is 0 Å². The maximum absolute atomic E-state index is 12.1. The van der Waals surface area contributed by atoms with Gasteiger partial charge in [-0.05, 0) is 6.07 Å². The van der Waals surface area contributed by atoms with E-state index in [4.69, 9.17) is 0 Å². The molecule has 0 bridgehead atoms. The molecule has 4 rings (SSSR count). The number of nitrogens with one attached hydrogen (secondary N) is 1. The summed E-state index contributed by atoms with van der Waals surface area (Å²) in [5.74, 6) is -0.128. The van der Waals surface area contributed by atoms with Gasteiger partial charge < -0.3 is 0 Å². The van der Waals surface area contributed by atoms with Gasteiger partial charge in [-0.2, -0.15) is 5.10 Å². The number of aromatic nitrogens is 2. The fourth-order valence-electron chi connectivity index (χ4n) is 2.26. The van der Waals surface area contributed by atoms with E-state index in [2.05, 4.69) is 10.2 Å². The van der Waals surface area contributed by atoms with Crippen molar-refractivity contribution in [3.63, 3.8) is 0 Å². The van der Waals surface area contributed by atoms with E-state index in [1.165, 1.54) is 0 Å². The minimum absolute atomic E-state index is 0.0641. The van der Waals surface area contributed by atoms with Crippen molar-refractivity contribution in [2.75, 3.05) is 0 Å². The van der Waals surface area contributed by atoms with E-state index in [0.717, 1.165) is 0 Å². The van der Waals surface area contributed by atoms with E-state index in [9.17, 15) is 9.59 Å². The fourth-order valence-corrected chi connectivity index (χ4v) is 2.26. The van der Waals surface area contributed by atoms with Crippen LogP contribution in [0.2, 0.25) is 0 Å². The van der Waals surface area contributed by atoms with Gasteiger partial charge in [0, 0.05) is 34.6 Å². The first-order valence-electron chi connectivity index (χ1n) is 6.50. The van der Waals surface area contributed by atoms with E-state index in [1.54, 1.807) is 60.9 Å². The van der Waals surface area contributed by atoms with Crippen molar-refractivity contribution in [1.29, 1.82) is 0 Å². The second kappa shape index (κ2) is 5.54. The number of ketones is 2. The Balaban J connectivity index is 0.000000225. The van der Waals surface area contributed by atoms with E-state index >= 15 is 0 Å².